The molecule has 3 rings (SSSR count). The summed E-state index contributed by atoms with van der Waals surface area (Å²) in [4.78, 5) is 0. The number of nitrogens with zero attached hydrogens (tertiary/aromatic N) is 2. The largest absolute Gasteiger partial charge is 0.457 e. The fraction of sp³-hybridized carbons (Fsp3) is 0.267. The molecule has 110 valence electrons. The van der Waals surface area contributed by atoms with Gasteiger partial charge in [-0.05, 0) is 50.4 Å². The quantitative estimate of drug-likeness (QED) is 0.677. The third kappa shape index (κ3) is 2.67. The van der Waals surface area contributed by atoms with Gasteiger partial charge in [0.1, 0.15) is 11.3 Å². The van der Waals surface area contributed by atoms with E-state index < -0.39 is 6.10 Å². The van der Waals surface area contributed by atoms with E-state index in [2.05, 4.69) is 43.9 Å². The lowest BCUT2D eigenvalue weighted by Crippen LogP contribution is -2.10. The molecule has 0 saturated heterocycles. The number of hydrogen-bond acceptors (Lipinski definition) is 3. The second-order valence-corrected chi connectivity index (χ2v) is 6.52. The van der Waals surface area contributed by atoms with Gasteiger partial charge in [-0.2, -0.15) is 5.10 Å². The van der Waals surface area contributed by atoms with Crippen molar-refractivity contribution >= 4 is 42.8 Å². The lowest BCUT2D eigenvalue weighted by Gasteiger charge is -2.11. The molecule has 0 saturated carbocycles. The van der Waals surface area contributed by atoms with Gasteiger partial charge in [-0.25, -0.2) is 0 Å². The number of aliphatic hydroxyl groups is 1. The van der Waals surface area contributed by atoms with Crippen molar-refractivity contribution in [1.82, 2.24) is 9.78 Å². The van der Waals surface area contributed by atoms with E-state index in [0.717, 1.165) is 32.9 Å². The van der Waals surface area contributed by atoms with Gasteiger partial charge in [0.2, 0.25) is 0 Å². The maximum atomic E-state index is 10.7. The predicted octanol–water partition coefficient (Wildman–Crippen LogP) is 4.65. The molecule has 21 heavy (non-hydrogen) atoms. The highest BCUT2D eigenvalue weighted by atomic mass is 79.9. The van der Waals surface area contributed by atoms with Gasteiger partial charge in [0, 0.05) is 11.9 Å². The molecule has 2 aromatic heterocycles. The third-order valence-corrected chi connectivity index (χ3v) is 4.55. The van der Waals surface area contributed by atoms with Crippen LogP contribution in [0.2, 0.25) is 0 Å². The molecule has 0 aliphatic carbocycles. The van der Waals surface area contributed by atoms with Gasteiger partial charge in [0.15, 0.2) is 6.10 Å². The van der Waals surface area contributed by atoms with Gasteiger partial charge in [0.25, 0.3) is 0 Å². The zero-order valence-electron chi connectivity index (χ0n) is 11.4. The van der Waals surface area contributed by atoms with Crippen LogP contribution < -0.4 is 0 Å². The van der Waals surface area contributed by atoms with Gasteiger partial charge < -0.3 is 9.52 Å². The normalized spacial score (nSPS) is 13.0. The first-order chi connectivity index (χ1) is 10.1. The molecular formula is C15H14Br2N2O2. The Kier molecular flexibility index (Phi) is 4.19. The molecule has 0 fully saturated rings. The Bertz CT molecular complexity index is 779. The summed E-state index contributed by atoms with van der Waals surface area (Å²) >= 11 is 6.91. The molecule has 1 aromatic carbocycles. The van der Waals surface area contributed by atoms with E-state index in [1.165, 1.54) is 0 Å². The molecule has 0 aliphatic rings. The zero-order valence-corrected chi connectivity index (χ0v) is 14.6. The third-order valence-electron chi connectivity index (χ3n) is 3.31. The van der Waals surface area contributed by atoms with Crippen molar-refractivity contribution < 1.29 is 9.52 Å². The highest BCUT2D eigenvalue weighted by Crippen LogP contribution is 2.34. The molecule has 4 nitrogen and oxygen atoms in total. The van der Waals surface area contributed by atoms with Crippen molar-refractivity contribution in [2.24, 2.45) is 0 Å². The van der Waals surface area contributed by atoms with Crippen LogP contribution in [0.1, 0.15) is 30.9 Å². The molecule has 1 atom stereocenters. The Hall–Kier alpha value is -1.11. The van der Waals surface area contributed by atoms with Crippen LogP contribution in [0.25, 0.3) is 11.0 Å². The van der Waals surface area contributed by atoms with Gasteiger partial charge >= 0.3 is 0 Å². The van der Waals surface area contributed by atoms with E-state index in [1.54, 1.807) is 10.9 Å². The SMILES string of the molecule is CCCn1ncc(Br)c1C(O)c1cc2cccc(Br)c2o1. The summed E-state index contributed by atoms with van der Waals surface area (Å²) < 4.78 is 9.27. The number of aliphatic hydroxyl groups excluding tert-OH is 1. The van der Waals surface area contributed by atoms with Crippen LogP contribution >= 0.6 is 31.9 Å². The number of para-hydroxylation sites is 1. The first-order valence-corrected chi connectivity index (χ1v) is 8.27. The molecule has 0 amide bonds. The van der Waals surface area contributed by atoms with Crippen LogP contribution in [0.3, 0.4) is 0 Å². The maximum absolute atomic E-state index is 10.7. The van der Waals surface area contributed by atoms with Crippen LogP contribution in [0.5, 0.6) is 0 Å². The zero-order chi connectivity index (χ0) is 15.0. The molecule has 0 bridgehead atoms. The lowest BCUT2D eigenvalue weighted by molar-refractivity contribution is 0.180. The van der Waals surface area contributed by atoms with Crippen LogP contribution in [0.15, 0.2) is 43.8 Å². The Morgan fingerprint density at radius 3 is 2.86 bits per heavy atom. The average Bonchev–Trinajstić information content (AvgIpc) is 3.04. The molecule has 0 spiro atoms. The Morgan fingerprint density at radius 1 is 1.33 bits per heavy atom. The van der Waals surface area contributed by atoms with Gasteiger partial charge in [-0.15, -0.1) is 0 Å². The second kappa shape index (κ2) is 5.94. The molecular weight excluding hydrogens is 400 g/mol. The fourth-order valence-electron chi connectivity index (χ4n) is 2.35. The highest BCUT2D eigenvalue weighted by molar-refractivity contribution is 9.11. The van der Waals surface area contributed by atoms with Crippen molar-refractivity contribution in [3.05, 3.63) is 50.9 Å². The van der Waals surface area contributed by atoms with E-state index in [4.69, 9.17) is 4.42 Å². The second-order valence-electron chi connectivity index (χ2n) is 4.81. The summed E-state index contributed by atoms with van der Waals surface area (Å²) in [5.41, 5.74) is 1.45. The maximum Gasteiger partial charge on any atom is 0.154 e. The molecule has 2 heterocycles. The summed E-state index contributed by atoms with van der Waals surface area (Å²) in [6.45, 7) is 2.83. The van der Waals surface area contributed by atoms with Crippen LogP contribution in [0, 0.1) is 0 Å². The van der Waals surface area contributed by atoms with Crippen molar-refractivity contribution in [2.75, 3.05) is 0 Å². The van der Waals surface area contributed by atoms with Crippen LogP contribution in [-0.4, -0.2) is 14.9 Å². The summed E-state index contributed by atoms with van der Waals surface area (Å²) in [5.74, 6) is 0.510. The summed E-state index contributed by atoms with van der Waals surface area (Å²) in [7, 11) is 0. The van der Waals surface area contributed by atoms with E-state index in [0.29, 0.717) is 11.5 Å². The number of halogens is 2. The molecule has 1 unspecified atom stereocenters. The summed E-state index contributed by atoms with van der Waals surface area (Å²) in [6, 6.07) is 7.67. The minimum absolute atomic E-state index is 0.510. The number of fused-ring (bicyclic) bond motifs is 1. The van der Waals surface area contributed by atoms with Gasteiger partial charge in [0.05, 0.1) is 20.8 Å². The van der Waals surface area contributed by atoms with Crippen LogP contribution in [-0.2, 0) is 6.54 Å². The minimum atomic E-state index is -0.854. The number of aryl methyl sites for hydroxylation is 1. The van der Waals surface area contributed by atoms with E-state index in [1.807, 2.05) is 24.3 Å². The van der Waals surface area contributed by atoms with Gasteiger partial charge in [-0.3, -0.25) is 4.68 Å². The van der Waals surface area contributed by atoms with Crippen molar-refractivity contribution in [1.29, 1.82) is 0 Å². The minimum Gasteiger partial charge on any atom is -0.457 e. The topological polar surface area (TPSA) is 51.2 Å². The van der Waals surface area contributed by atoms with E-state index in [-0.39, 0.29) is 0 Å². The van der Waals surface area contributed by atoms with Gasteiger partial charge in [-0.1, -0.05) is 19.1 Å². The van der Waals surface area contributed by atoms with Crippen molar-refractivity contribution in [3.63, 3.8) is 0 Å². The first kappa shape index (κ1) is 14.8. The molecule has 6 heteroatoms. The molecule has 0 radical (unpaired) electrons. The smallest absolute Gasteiger partial charge is 0.154 e. The number of aromatic nitrogens is 2. The fourth-order valence-corrected chi connectivity index (χ4v) is 3.33. The summed E-state index contributed by atoms with van der Waals surface area (Å²) in [6.07, 6.45) is 1.79. The monoisotopic (exact) mass is 412 g/mol. The highest BCUT2D eigenvalue weighted by Gasteiger charge is 2.23. The predicted molar refractivity (Wildman–Crippen MR) is 88.2 cm³/mol. The summed E-state index contributed by atoms with van der Waals surface area (Å²) in [5, 5.41) is 15.9. The number of furan rings is 1. The van der Waals surface area contributed by atoms with E-state index >= 15 is 0 Å². The average molecular weight is 414 g/mol. The van der Waals surface area contributed by atoms with Crippen molar-refractivity contribution in [2.45, 2.75) is 26.0 Å². The number of benzene rings is 1. The first-order valence-electron chi connectivity index (χ1n) is 6.69. The molecule has 3 aromatic rings. The number of rotatable bonds is 4. The van der Waals surface area contributed by atoms with Crippen LogP contribution in [0.4, 0.5) is 0 Å². The standard InChI is InChI=1S/C15H14Br2N2O2/c1-2-6-19-13(11(17)8-18-19)14(20)12-7-9-4-3-5-10(16)15(9)21-12/h3-5,7-8,14,20H,2,6H2,1H3. The Labute approximate surface area is 139 Å². The lowest BCUT2D eigenvalue weighted by atomic mass is 10.2. The Morgan fingerprint density at radius 2 is 2.14 bits per heavy atom. The number of hydrogen-bond donors (Lipinski definition) is 1. The van der Waals surface area contributed by atoms with E-state index in [9.17, 15) is 5.11 Å². The Balaban J connectivity index is 2.06. The van der Waals surface area contributed by atoms with Crippen molar-refractivity contribution in [3.8, 4) is 0 Å². The molecule has 0 aliphatic heterocycles. The molecule has 1 N–H and O–H groups in total.